The van der Waals surface area contributed by atoms with E-state index >= 15 is 0 Å². The first-order valence-corrected chi connectivity index (χ1v) is 19.2. The van der Waals surface area contributed by atoms with Crippen molar-refractivity contribution in [3.05, 3.63) is 71.4 Å². The number of carbonyl (C=O) groups is 3. The number of benzene rings is 2. The van der Waals surface area contributed by atoms with Gasteiger partial charge in [0.25, 0.3) is 0 Å². The number of imidazole rings is 2. The van der Waals surface area contributed by atoms with E-state index in [1.54, 1.807) is 6.20 Å². The van der Waals surface area contributed by atoms with Crippen molar-refractivity contribution in [2.45, 2.75) is 90.4 Å². The van der Waals surface area contributed by atoms with Crippen molar-refractivity contribution < 1.29 is 23.9 Å². The first kappa shape index (κ1) is 37.2. The average molecular weight is 734 g/mol. The van der Waals surface area contributed by atoms with Gasteiger partial charge in [-0.2, -0.15) is 0 Å². The number of rotatable bonds is 8. The number of nitrogens with one attached hydrogen (secondary N) is 3. The molecule has 12 nitrogen and oxygen atoms in total. The number of fused-ring (bicyclic) bond motifs is 1. The largest absolute Gasteiger partial charge is 0.453 e. The van der Waals surface area contributed by atoms with Crippen molar-refractivity contribution in [3.8, 4) is 23.1 Å². The number of ether oxygens (including phenoxy) is 2. The fourth-order valence-corrected chi connectivity index (χ4v) is 8.00. The molecule has 7 rings (SSSR count). The van der Waals surface area contributed by atoms with Crippen LogP contribution in [0.4, 0.5) is 4.79 Å². The second-order valence-electron chi connectivity index (χ2n) is 15.8. The lowest BCUT2D eigenvalue weighted by molar-refractivity contribution is -0.138. The predicted molar refractivity (Wildman–Crippen MR) is 205 cm³/mol. The number of amides is 3. The van der Waals surface area contributed by atoms with Gasteiger partial charge in [-0.1, -0.05) is 58.6 Å². The third-order valence-electron chi connectivity index (χ3n) is 11.5. The summed E-state index contributed by atoms with van der Waals surface area (Å²) in [4.78, 5) is 59.5. The number of H-pyrrole nitrogens is 2. The molecule has 3 amide bonds. The number of likely N-dealkylation sites (tertiary alicyclic amines) is 2. The lowest BCUT2D eigenvalue weighted by atomic mass is 9.96. The van der Waals surface area contributed by atoms with Crippen LogP contribution in [0.5, 0.6) is 0 Å². The minimum Gasteiger partial charge on any atom is -0.453 e. The van der Waals surface area contributed by atoms with E-state index in [4.69, 9.17) is 14.5 Å². The molecule has 5 heterocycles. The molecule has 3 N–H and O–H groups in total. The molecule has 0 unspecified atom stereocenters. The Hall–Kier alpha value is -5.15. The number of carbonyl (C=O) groups excluding carboxylic acids is 3. The summed E-state index contributed by atoms with van der Waals surface area (Å²) in [5.74, 6) is 8.20. The Morgan fingerprint density at radius 3 is 2.39 bits per heavy atom. The van der Waals surface area contributed by atoms with E-state index in [1.165, 1.54) is 7.11 Å². The van der Waals surface area contributed by atoms with Gasteiger partial charge in [0, 0.05) is 36.6 Å². The molecule has 2 aromatic carbocycles. The van der Waals surface area contributed by atoms with Gasteiger partial charge in [0.2, 0.25) is 11.8 Å². The van der Waals surface area contributed by atoms with Crippen LogP contribution >= 0.6 is 0 Å². The van der Waals surface area contributed by atoms with Gasteiger partial charge in [0.15, 0.2) is 0 Å². The lowest BCUT2D eigenvalue weighted by Gasteiger charge is -2.30. The van der Waals surface area contributed by atoms with Gasteiger partial charge in [-0.15, -0.1) is 0 Å². The van der Waals surface area contributed by atoms with E-state index in [-0.39, 0.29) is 47.3 Å². The molecule has 284 valence electrons. The maximum absolute atomic E-state index is 13.6. The quantitative estimate of drug-likeness (QED) is 0.175. The fraction of sp³-hybridized carbons (Fsp3) is 0.500. The van der Waals surface area contributed by atoms with Crippen molar-refractivity contribution in [1.82, 2.24) is 35.1 Å². The molecule has 5 atom stereocenters. The van der Waals surface area contributed by atoms with E-state index in [9.17, 15) is 14.4 Å². The highest BCUT2D eigenvalue weighted by Crippen LogP contribution is 2.45. The highest BCUT2D eigenvalue weighted by molar-refractivity contribution is 5.86. The summed E-state index contributed by atoms with van der Waals surface area (Å²) in [5.41, 5.74) is 4.99. The molecule has 3 aliphatic heterocycles. The van der Waals surface area contributed by atoms with E-state index in [2.05, 4.69) is 46.0 Å². The van der Waals surface area contributed by atoms with Gasteiger partial charge in [-0.25, -0.2) is 14.8 Å². The fourth-order valence-electron chi connectivity index (χ4n) is 8.00. The molecular weight excluding hydrogens is 683 g/mol. The third kappa shape index (κ3) is 7.47. The van der Waals surface area contributed by atoms with Crippen LogP contribution in [-0.2, 0) is 19.1 Å². The Balaban J connectivity index is 1.04. The zero-order valence-electron chi connectivity index (χ0n) is 32.1. The summed E-state index contributed by atoms with van der Waals surface area (Å²) in [6.45, 7) is 12.0. The number of hydrogen-bond donors (Lipinski definition) is 3. The van der Waals surface area contributed by atoms with Gasteiger partial charge < -0.3 is 34.6 Å². The molecule has 0 bridgehead atoms. The normalized spacial score (nSPS) is 22.2. The van der Waals surface area contributed by atoms with E-state index in [0.717, 1.165) is 83.8 Å². The average Bonchev–Trinajstić information content (AvgIpc) is 4.02. The highest BCUT2D eigenvalue weighted by Gasteiger charge is 2.50. The van der Waals surface area contributed by atoms with Crippen LogP contribution in [0.15, 0.2) is 48.7 Å². The van der Waals surface area contributed by atoms with Crippen LogP contribution in [0.2, 0.25) is 0 Å². The van der Waals surface area contributed by atoms with Gasteiger partial charge >= 0.3 is 6.09 Å². The van der Waals surface area contributed by atoms with Gasteiger partial charge in [-0.3, -0.25) is 9.59 Å². The lowest BCUT2D eigenvalue weighted by Crippen LogP contribution is -2.51. The van der Waals surface area contributed by atoms with Crippen LogP contribution in [0.1, 0.15) is 102 Å². The van der Waals surface area contributed by atoms with Crippen molar-refractivity contribution in [2.24, 2.45) is 17.8 Å². The van der Waals surface area contributed by atoms with Gasteiger partial charge in [-0.05, 0) is 73.4 Å². The van der Waals surface area contributed by atoms with Crippen LogP contribution in [0.25, 0.3) is 22.3 Å². The molecule has 4 aromatic rings. The summed E-state index contributed by atoms with van der Waals surface area (Å²) in [7, 11) is 1.29. The molecule has 3 aliphatic rings. The number of aromatic nitrogens is 4. The van der Waals surface area contributed by atoms with E-state index in [1.807, 2.05) is 73.0 Å². The molecule has 2 aromatic heterocycles. The van der Waals surface area contributed by atoms with Crippen molar-refractivity contribution >= 4 is 28.9 Å². The second-order valence-corrected chi connectivity index (χ2v) is 15.8. The van der Waals surface area contributed by atoms with Crippen molar-refractivity contribution in [1.29, 1.82) is 0 Å². The summed E-state index contributed by atoms with van der Waals surface area (Å²) in [6.07, 6.45) is 5.55. The Bertz CT molecular complexity index is 2070. The maximum Gasteiger partial charge on any atom is 0.407 e. The zero-order valence-corrected chi connectivity index (χ0v) is 32.1. The molecule has 12 heteroatoms. The molecule has 3 fully saturated rings. The topological polar surface area (TPSA) is 146 Å². The van der Waals surface area contributed by atoms with Crippen LogP contribution in [0, 0.1) is 29.6 Å². The second kappa shape index (κ2) is 15.3. The molecule has 54 heavy (non-hydrogen) atoms. The Morgan fingerprint density at radius 1 is 0.926 bits per heavy atom. The van der Waals surface area contributed by atoms with Gasteiger partial charge in [0.05, 0.1) is 54.3 Å². The van der Waals surface area contributed by atoms with E-state index < -0.39 is 12.1 Å². The molecule has 0 saturated carbocycles. The Kier molecular flexibility index (Phi) is 10.5. The number of alkyl carbamates (subject to hydrolysis) is 1. The summed E-state index contributed by atoms with van der Waals surface area (Å²) < 4.78 is 11.0. The molecule has 3 saturated heterocycles. The van der Waals surface area contributed by atoms with Gasteiger partial charge in [0.1, 0.15) is 17.7 Å². The standard InChI is InChI=1S/C42H51N7O5/c1-25(2)27(5)39(50)49-24-42(18-8-20-54-42)22-35(49)38-44-31-17-14-29(21-32(31)45-38)11-10-28-12-15-30(16-13-28)33-23-43-37(46-33)34-9-7-19-48(34)40(51)36(26(3)4)47-41(52)53-6/h12-17,21,23,25-27,34-36H,7-9,18-20,22,24H2,1-6H3,(H,43,46)(H,44,45)(H,47,52)/t27-,34-,35-,36-,42-/m0/s1. The molecule has 1 spiro atoms. The predicted octanol–water partition coefficient (Wildman–Crippen LogP) is 6.51. The van der Waals surface area contributed by atoms with Crippen molar-refractivity contribution in [2.75, 3.05) is 26.8 Å². The monoisotopic (exact) mass is 733 g/mol. The minimum atomic E-state index is -0.682. The van der Waals surface area contributed by atoms with Crippen LogP contribution < -0.4 is 5.32 Å². The number of nitrogens with zero attached hydrogens (tertiary/aromatic N) is 4. The molecule has 0 aliphatic carbocycles. The smallest absolute Gasteiger partial charge is 0.407 e. The maximum atomic E-state index is 13.6. The molecular formula is C42H51N7O5. The number of methoxy groups -OCH3 is 1. The molecule has 0 radical (unpaired) electrons. The highest BCUT2D eigenvalue weighted by atomic mass is 16.5. The minimum absolute atomic E-state index is 0.0802. The number of aromatic amines is 2. The SMILES string of the molecule is COC(=O)N[C@H](C(=O)N1CCC[C@H]1c1ncc(-c2ccc(C#Cc3ccc4nc([C@@H]5C[C@@]6(CCCO6)CN5C(=O)[C@@H](C)C(C)C)[nH]c4c3)cc2)[nH]1)C(C)C. The Morgan fingerprint density at radius 2 is 1.69 bits per heavy atom. The van der Waals surface area contributed by atoms with Crippen molar-refractivity contribution in [3.63, 3.8) is 0 Å². The third-order valence-corrected chi connectivity index (χ3v) is 11.5. The Labute approximate surface area is 316 Å². The number of hydrogen-bond acceptors (Lipinski definition) is 7. The zero-order chi connectivity index (χ0) is 38.1. The summed E-state index contributed by atoms with van der Waals surface area (Å²) >= 11 is 0. The van der Waals surface area contributed by atoms with Crippen LogP contribution in [-0.4, -0.2) is 86.1 Å². The first-order chi connectivity index (χ1) is 25.9. The summed E-state index contributed by atoms with van der Waals surface area (Å²) in [6, 6.07) is 12.9. The first-order valence-electron chi connectivity index (χ1n) is 19.2. The van der Waals surface area contributed by atoms with E-state index in [0.29, 0.717) is 13.1 Å². The van der Waals surface area contributed by atoms with Crippen LogP contribution in [0.3, 0.4) is 0 Å². The summed E-state index contributed by atoms with van der Waals surface area (Å²) in [5, 5.41) is 2.70.